The van der Waals surface area contributed by atoms with Gasteiger partial charge in [-0.1, -0.05) is 6.92 Å². The van der Waals surface area contributed by atoms with Crippen molar-refractivity contribution >= 4 is 11.3 Å². The van der Waals surface area contributed by atoms with Crippen molar-refractivity contribution in [3.63, 3.8) is 0 Å². The second kappa shape index (κ2) is 2.82. The van der Waals surface area contributed by atoms with Gasteiger partial charge in [0.25, 0.3) is 0 Å². The van der Waals surface area contributed by atoms with Gasteiger partial charge in [-0.3, -0.25) is 0 Å². The second-order valence-electron chi connectivity index (χ2n) is 3.48. The van der Waals surface area contributed by atoms with Gasteiger partial charge >= 0.3 is 0 Å². The molecule has 0 radical (unpaired) electrons. The summed E-state index contributed by atoms with van der Waals surface area (Å²) in [6.45, 7) is 2.91. The molecule has 1 aliphatic carbocycles. The summed E-state index contributed by atoms with van der Waals surface area (Å²) in [6, 6.07) is 0. The predicted molar refractivity (Wildman–Crippen MR) is 51.5 cm³/mol. The normalized spacial score (nSPS) is 19.5. The SMILES string of the molecule is CCc1csc(C2(CN)CC2)n1. The summed E-state index contributed by atoms with van der Waals surface area (Å²) in [4.78, 5) is 4.57. The maximum absolute atomic E-state index is 5.72. The highest BCUT2D eigenvalue weighted by Gasteiger charge is 2.45. The second-order valence-corrected chi connectivity index (χ2v) is 4.34. The molecule has 1 aromatic rings. The van der Waals surface area contributed by atoms with Crippen molar-refractivity contribution in [1.29, 1.82) is 0 Å². The molecule has 66 valence electrons. The van der Waals surface area contributed by atoms with E-state index in [0.29, 0.717) is 0 Å². The van der Waals surface area contributed by atoms with Crippen LogP contribution in [-0.2, 0) is 11.8 Å². The van der Waals surface area contributed by atoms with Crippen molar-refractivity contribution in [2.75, 3.05) is 6.54 Å². The molecule has 0 saturated heterocycles. The number of aryl methyl sites for hydroxylation is 1. The summed E-state index contributed by atoms with van der Waals surface area (Å²) < 4.78 is 0. The third-order valence-electron chi connectivity index (χ3n) is 2.61. The molecule has 0 aliphatic heterocycles. The van der Waals surface area contributed by atoms with Gasteiger partial charge < -0.3 is 5.73 Å². The van der Waals surface area contributed by atoms with Crippen LogP contribution in [0.4, 0.5) is 0 Å². The third kappa shape index (κ3) is 1.17. The Morgan fingerprint density at radius 2 is 2.42 bits per heavy atom. The molecular formula is C9H14N2S. The van der Waals surface area contributed by atoms with Crippen molar-refractivity contribution in [3.8, 4) is 0 Å². The maximum atomic E-state index is 5.72. The molecule has 12 heavy (non-hydrogen) atoms. The first kappa shape index (κ1) is 8.20. The smallest absolute Gasteiger partial charge is 0.100 e. The van der Waals surface area contributed by atoms with E-state index in [2.05, 4.69) is 17.3 Å². The Morgan fingerprint density at radius 1 is 1.67 bits per heavy atom. The van der Waals surface area contributed by atoms with E-state index in [-0.39, 0.29) is 5.41 Å². The first-order valence-electron chi connectivity index (χ1n) is 4.46. The van der Waals surface area contributed by atoms with Crippen molar-refractivity contribution < 1.29 is 0 Å². The lowest BCUT2D eigenvalue weighted by Gasteiger charge is -2.06. The topological polar surface area (TPSA) is 38.9 Å². The molecule has 2 rings (SSSR count). The van der Waals surface area contributed by atoms with Crippen LogP contribution in [0.15, 0.2) is 5.38 Å². The number of hydrogen-bond acceptors (Lipinski definition) is 3. The van der Waals surface area contributed by atoms with E-state index in [1.165, 1.54) is 23.5 Å². The average molecular weight is 182 g/mol. The number of nitrogens with two attached hydrogens (primary N) is 1. The van der Waals surface area contributed by atoms with E-state index >= 15 is 0 Å². The molecular weight excluding hydrogens is 168 g/mol. The third-order valence-corrected chi connectivity index (χ3v) is 3.75. The molecule has 0 atom stereocenters. The zero-order valence-corrected chi connectivity index (χ0v) is 8.16. The lowest BCUT2D eigenvalue weighted by atomic mass is 10.1. The van der Waals surface area contributed by atoms with E-state index in [1.54, 1.807) is 11.3 Å². The summed E-state index contributed by atoms with van der Waals surface area (Å²) in [6.07, 6.45) is 3.51. The Balaban J connectivity index is 2.23. The van der Waals surface area contributed by atoms with Crippen LogP contribution in [-0.4, -0.2) is 11.5 Å². The van der Waals surface area contributed by atoms with Gasteiger partial charge in [-0.05, 0) is 19.3 Å². The quantitative estimate of drug-likeness (QED) is 0.772. The van der Waals surface area contributed by atoms with Gasteiger partial charge in [0.1, 0.15) is 5.01 Å². The fourth-order valence-corrected chi connectivity index (χ4v) is 2.54. The molecule has 0 aromatic carbocycles. The van der Waals surface area contributed by atoms with E-state index in [9.17, 15) is 0 Å². The molecule has 2 nitrogen and oxygen atoms in total. The lowest BCUT2D eigenvalue weighted by Crippen LogP contribution is -2.19. The average Bonchev–Trinajstić information content (AvgIpc) is 2.77. The molecule has 3 heteroatoms. The van der Waals surface area contributed by atoms with Crippen molar-refractivity contribution in [2.24, 2.45) is 5.73 Å². The van der Waals surface area contributed by atoms with Crippen LogP contribution in [0.3, 0.4) is 0 Å². The largest absolute Gasteiger partial charge is 0.329 e. The summed E-state index contributed by atoms with van der Waals surface area (Å²) in [5.74, 6) is 0. The number of nitrogens with zero attached hydrogens (tertiary/aromatic N) is 1. The van der Waals surface area contributed by atoms with E-state index in [1.807, 2.05) is 0 Å². The summed E-state index contributed by atoms with van der Waals surface area (Å²) in [7, 11) is 0. The van der Waals surface area contributed by atoms with Gasteiger partial charge in [0.05, 0.1) is 5.69 Å². The van der Waals surface area contributed by atoms with Crippen molar-refractivity contribution in [1.82, 2.24) is 4.98 Å². The zero-order chi connectivity index (χ0) is 8.60. The Bertz CT molecular complexity index is 276. The molecule has 0 unspecified atom stereocenters. The highest BCUT2D eigenvalue weighted by Crippen LogP contribution is 2.48. The van der Waals surface area contributed by atoms with Crippen molar-refractivity contribution in [2.45, 2.75) is 31.6 Å². The molecule has 1 aliphatic rings. The first-order valence-corrected chi connectivity index (χ1v) is 5.33. The van der Waals surface area contributed by atoms with Gasteiger partial charge in [-0.25, -0.2) is 4.98 Å². The highest BCUT2D eigenvalue weighted by molar-refractivity contribution is 7.09. The van der Waals surface area contributed by atoms with E-state index in [4.69, 9.17) is 5.73 Å². The van der Waals surface area contributed by atoms with Gasteiger partial charge in [-0.2, -0.15) is 0 Å². The molecule has 1 saturated carbocycles. The zero-order valence-electron chi connectivity index (χ0n) is 7.34. The van der Waals surface area contributed by atoms with Crippen LogP contribution in [0.25, 0.3) is 0 Å². The van der Waals surface area contributed by atoms with Crippen LogP contribution in [0.1, 0.15) is 30.5 Å². The molecule has 0 amide bonds. The molecule has 1 fully saturated rings. The van der Waals surface area contributed by atoms with Gasteiger partial charge in [0.2, 0.25) is 0 Å². The van der Waals surface area contributed by atoms with E-state index in [0.717, 1.165) is 13.0 Å². The number of thiazole rings is 1. The Hall–Kier alpha value is -0.410. The highest BCUT2D eigenvalue weighted by atomic mass is 32.1. The molecule has 0 spiro atoms. The minimum atomic E-state index is 0.290. The number of rotatable bonds is 3. The minimum Gasteiger partial charge on any atom is -0.329 e. The number of hydrogen-bond donors (Lipinski definition) is 1. The summed E-state index contributed by atoms with van der Waals surface area (Å²) >= 11 is 1.78. The first-order chi connectivity index (χ1) is 5.80. The van der Waals surface area contributed by atoms with Gasteiger partial charge in [-0.15, -0.1) is 11.3 Å². The molecule has 0 bridgehead atoms. The summed E-state index contributed by atoms with van der Waals surface area (Å²) in [5, 5.41) is 3.42. The van der Waals surface area contributed by atoms with Crippen molar-refractivity contribution in [3.05, 3.63) is 16.1 Å². The standard InChI is InChI=1S/C9H14N2S/c1-2-7-5-12-8(11-7)9(6-10)3-4-9/h5H,2-4,6,10H2,1H3. The Labute approximate surface area is 76.8 Å². The Kier molecular flexibility index (Phi) is 1.93. The predicted octanol–water partition coefficient (Wildman–Crippen LogP) is 1.70. The Morgan fingerprint density at radius 3 is 2.83 bits per heavy atom. The van der Waals surface area contributed by atoms with Crippen LogP contribution < -0.4 is 5.73 Å². The maximum Gasteiger partial charge on any atom is 0.100 e. The van der Waals surface area contributed by atoms with Crippen LogP contribution in [0.5, 0.6) is 0 Å². The molecule has 2 N–H and O–H groups in total. The number of aromatic nitrogens is 1. The summed E-state index contributed by atoms with van der Waals surface area (Å²) in [5.41, 5.74) is 7.23. The van der Waals surface area contributed by atoms with Gasteiger partial charge in [0.15, 0.2) is 0 Å². The van der Waals surface area contributed by atoms with Crippen LogP contribution in [0.2, 0.25) is 0 Å². The monoisotopic (exact) mass is 182 g/mol. The fourth-order valence-electron chi connectivity index (χ4n) is 1.37. The molecule has 1 heterocycles. The van der Waals surface area contributed by atoms with Crippen LogP contribution >= 0.6 is 11.3 Å². The molecule has 1 aromatic heterocycles. The minimum absolute atomic E-state index is 0.290. The fraction of sp³-hybridized carbons (Fsp3) is 0.667. The lowest BCUT2D eigenvalue weighted by molar-refractivity contribution is 0.694. The van der Waals surface area contributed by atoms with Crippen LogP contribution in [0, 0.1) is 0 Å². The van der Waals surface area contributed by atoms with Gasteiger partial charge in [0, 0.05) is 17.3 Å². The van der Waals surface area contributed by atoms with E-state index < -0.39 is 0 Å².